The molecule has 3 heteroatoms. The second-order valence-electron chi connectivity index (χ2n) is 5.44. The van der Waals surface area contributed by atoms with Crippen LogP contribution in [0.4, 0.5) is 0 Å². The Kier molecular flexibility index (Phi) is 3.72. The van der Waals surface area contributed by atoms with Gasteiger partial charge in [-0.25, -0.2) is 4.98 Å². The fourth-order valence-corrected chi connectivity index (χ4v) is 3.21. The van der Waals surface area contributed by atoms with Crippen LogP contribution in [0.25, 0.3) is 22.2 Å². The number of hydrogen-bond donors (Lipinski definition) is 0. The molecule has 0 spiro atoms. The Balaban J connectivity index is 1.75. The van der Waals surface area contributed by atoms with Crippen LogP contribution >= 0.6 is 15.9 Å². The predicted octanol–water partition coefficient (Wildman–Crippen LogP) is 5.85. The minimum absolute atomic E-state index is 0.697. The van der Waals surface area contributed by atoms with Crippen molar-refractivity contribution < 1.29 is 4.42 Å². The number of oxazole rings is 1. The maximum atomic E-state index is 5.94. The van der Waals surface area contributed by atoms with Gasteiger partial charge in [-0.15, -0.1) is 0 Å². The van der Waals surface area contributed by atoms with Crippen LogP contribution in [0.2, 0.25) is 0 Å². The van der Waals surface area contributed by atoms with Crippen LogP contribution in [0.5, 0.6) is 0 Å². The van der Waals surface area contributed by atoms with Crippen molar-refractivity contribution in [3.05, 3.63) is 88.7 Å². The standard InChI is InChI=1S/C20H14BrNO/c21-17-12-16(15-9-5-2-6-10-15)13-18-20(17)23-19(22-18)11-14-7-3-1-4-8-14/h1-10,12-13H,11H2. The Morgan fingerprint density at radius 2 is 1.52 bits per heavy atom. The zero-order chi connectivity index (χ0) is 15.6. The molecular formula is C20H14BrNO. The lowest BCUT2D eigenvalue weighted by molar-refractivity contribution is 0.543. The number of hydrogen-bond acceptors (Lipinski definition) is 2. The normalized spacial score (nSPS) is 11.0. The third-order valence-electron chi connectivity index (χ3n) is 3.79. The van der Waals surface area contributed by atoms with Crippen molar-refractivity contribution >= 4 is 27.0 Å². The summed E-state index contributed by atoms with van der Waals surface area (Å²) >= 11 is 3.61. The lowest BCUT2D eigenvalue weighted by Crippen LogP contribution is -1.86. The Morgan fingerprint density at radius 1 is 0.826 bits per heavy atom. The van der Waals surface area contributed by atoms with Gasteiger partial charge in [0, 0.05) is 6.42 Å². The van der Waals surface area contributed by atoms with Gasteiger partial charge < -0.3 is 4.42 Å². The minimum atomic E-state index is 0.697. The maximum absolute atomic E-state index is 5.94. The van der Waals surface area contributed by atoms with Gasteiger partial charge in [0.15, 0.2) is 11.5 Å². The average molecular weight is 364 g/mol. The minimum Gasteiger partial charge on any atom is -0.439 e. The van der Waals surface area contributed by atoms with E-state index in [2.05, 4.69) is 57.3 Å². The Hall–Kier alpha value is -2.39. The molecule has 112 valence electrons. The Morgan fingerprint density at radius 3 is 2.26 bits per heavy atom. The Bertz CT molecular complexity index is 945. The first-order chi connectivity index (χ1) is 11.3. The molecule has 0 aliphatic carbocycles. The molecule has 0 aliphatic heterocycles. The second kappa shape index (κ2) is 6.01. The highest BCUT2D eigenvalue weighted by molar-refractivity contribution is 9.10. The van der Waals surface area contributed by atoms with E-state index in [4.69, 9.17) is 4.42 Å². The van der Waals surface area contributed by atoms with Crippen molar-refractivity contribution in [2.24, 2.45) is 0 Å². The number of rotatable bonds is 3. The quantitative estimate of drug-likeness (QED) is 0.456. The zero-order valence-corrected chi connectivity index (χ0v) is 14.0. The average Bonchev–Trinajstić information content (AvgIpc) is 2.99. The predicted molar refractivity (Wildman–Crippen MR) is 96.4 cm³/mol. The summed E-state index contributed by atoms with van der Waals surface area (Å²) < 4.78 is 6.87. The van der Waals surface area contributed by atoms with Crippen LogP contribution in [0.15, 0.2) is 81.7 Å². The van der Waals surface area contributed by atoms with Gasteiger partial charge in [0.25, 0.3) is 0 Å². The summed E-state index contributed by atoms with van der Waals surface area (Å²) in [4.78, 5) is 4.66. The first-order valence-electron chi connectivity index (χ1n) is 7.48. The van der Waals surface area contributed by atoms with E-state index in [1.54, 1.807) is 0 Å². The molecule has 1 aromatic heterocycles. The van der Waals surface area contributed by atoms with Gasteiger partial charge in [0.05, 0.1) is 4.47 Å². The molecule has 0 aliphatic rings. The van der Waals surface area contributed by atoms with Crippen LogP contribution in [0.3, 0.4) is 0 Å². The third-order valence-corrected chi connectivity index (χ3v) is 4.38. The summed E-state index contributed by atoms with van der Waals surface area (Å²) in [5.41, 5.74) is 5.17. The number of aromatic nitrogens is 1. The lowest BCUT2D eigenvalue weighted by Gasteiger charge is -2.02. The summed E-state index contributed by atoms with van der Waals surface area (Å²) in [7, 11) is 0. The van der Waals surface area contributed by atoms with E-state index in [0.29, 0.717) is 6.42 Å². The summed E-state index contributed by atoms with van der Waals surface area (Å²) in [6.45, 7) is 0. The second-order valence-corrected chi connectivity index (χ2v) is 6.30. The molecule has 0 unspecified atom stereocenters. The molecule has 1 heterocycles. The molecule has 23 heavy (non-hydrogen) atoms. The first kappa shape index (κ1) is 14.2. The number of halogens is 1. The molecule has 4 rings (SSSR count). The first-order valence-corrected chi connectivity index (χ1v) is 8.27. The van der Waals surface area contributed by atoms with Gasteiger partial charge in [-0.3, -0.25) is 0 Å². The molecule has 0 amide bonds. The van der Waals surface area contributed by atoms with Gasteiger partial charge in [-0.1, -0.05) is 60.7 Å². The van der Waals surface area contributed by atoms with E-state index in [1.807, 2.05) is 36.4 Å². The van der Waals surface area contributed by atoms with E-state index >= 15 is 0 Å². The molecule has 4 aromatic rings. The van der Waals surface area contributed by atoms with E-state index in [1.165, 1.54) is 11.1 Å². The fraction of sp³-hybridized carbons (Fsp3) is 0.0500. The van der Waals surface area contributed by atoms with E-state index in [-0.39, 0.29) is 0 Å². The highest BCUT2D eigenvalue weighted by Gasteiger charge is 2.12. The monoisotopic (exact) mass is 363 g/mol. The van der Waals surface area contributed by atoms with Crippen molar-refractivity contribution in [2.75, 3.05) is 0 Å². The molecule has 3 aromatic carbocycles. The Labute approximate surface area is 142 Å². The van der Waals surface area contributed by atoms with Crippen molar-refractivity contribution in [1.29, 1.82) is 0 Å². The topological polar surface area (TPSA) is 26.0 Å². The fourth-order valence-electron chi connectivity index (χ4n) is 2.68. The van der Waals surface area contributed by atoms with Crippen LogP contribution < -0.4 is 0 Å². The summed E-state index contributed by atoms with van der Waals surface area (Å²) in [5, 5.41) is 0. The van der Waals surface area contributed by atoms with Crippen LogP contribution in [0.1, 0.15) is 11.5 Å². The molecule has 0 bridgehead atoms. The molecule has 0 N–H and O–H groups in total. The van der Waals surface area contributed by atoms with Gasteiger partial charge in [0.1, 0.15) is 5.52 Å². The molecule has 0 saturated carbocycles. The molecule has 0 radical (unpaired) electrons. The summed E-state index contributed by atoms with van der Waals surface area (Å²) in [5.74, 6) is 0.733. The van der Waals surface area contributed by atoms with Gasteiger partial charge in [-0.2, -0.15) is 0 Å². The number of nitrogens with zero attached hydrogens (tertiary/aromatic N) is 1. The van der Waals surface area contributed by atoms with Crippen LogP contribution in [-0.4, -0.2) is 4.98 Å². The van der Waals surface area contributed by atoms with Crippen LogP contribution in [0, 0.1) is 0 Å². The van der Waals surface area contributed by atoms with Crippen LogP contribution in [-0.2, 0) is 6.42 Å². The SMILES string of the molecule is Brc1cc(-c2ccccc2)cc2nc(Cc3ccccc3)oc12. The summed E-state index contributed by atoms with van der Waals surface area (Å²) in [6, 6.07) is 24.7. The zero-order valence-electron chi connectivity index (χ0n) is 12.4. The van der Waals surface area contributed by atoms with Crippen molar-refractivity contribution in [3.63, 3.8) is 0 Å². The van der Waals surface area contributed by atoms with Gasteiger partial charge in [0.2, 0.25) is 0 Å². The lowest BCUT2D eigenvalue weighted by atomic mass is 10.1. The van der Waals surface area contributed by atoms with Crippen molar-refractivity contribution in [2.45, 2.75) is 6.42 Å². The molecule has 0 fully saturated rings. The van der Waals surface area contributed by atoms with Gasteiger partial charge in [-0.05, 0) is 44.8 Å². The summed E-state index contributed by atoms with van der Waals surface area (Å²) in [6.07, 6.45) is 0.697. The maximum Gasteiger partial charge on any atom is 0.199 e. The molecule has 0 saturated heterocycles. The number of benzene rings is 3. The van der Waals surface area contributed by atoms with E-state index < -0.39 is 0 Å². The van der Waals surface area contributed by atoms with E-state index in [9.17, 15) is 0 Å². The largest absolute Gasteiger partial charge is 0.439 e. The van der Waals surface area contributed by atoms with Gasteiger partial charge >= 0.3 is 0 Å². The third kappa shape index (κ3) is 2.92. The highest BCUT2D eigenvalue weighted by Crippen LogP contribution is 2.31. The van der Waals surface area contributed by atoms with Crippen molar-refractivity contribution in [1.82, 2.24) is 4.98 Å². The number of fused-ring (bicyclic) bond motifs is 1. The highest BCUT2D eigenvalue weighted by atomic mass is 79.9. The molecule has 2 nitrogen and oxygen atoms in total. The van der Waals surface area contributed by atoms with E-state index in [0.717, 1.165) is 27.0 Å². The molecular weight excluding hydrogens is 350 g/mol. The van der Waals surface area contributed by atoms with Crippen molar-refractivity contribution in [3.8, 4) is 11.1 Å². The smallest absolute Gasteiger partial charge is 0.199 e. The molecule has 0 atom stereocenters.